The summed E-state index contributed by atoms with van der Waals surface area (Å²) in [6, 6.07) is 0. The summed E-state index contributed by atoms with van der Waals surface area (Å²) in [6.07, 6.45) is 10.4. The molecule has 1 saturated heterocycles. The summed E-state index contributed by atoms with van der Waals surface area (Å²) in [6.45, 7) is 4.24. The molecule has 90 valence electrons. The molecule has 2 aliphatic rings. The molecular weight excluding hydrogens is 200 g/mol. The molecule has 3 heteroatoms. The number of carbonyl (C=O) groups is 1. The summed E-state index contributed by atoms with van der Waals surface area (Å²) in [7, 11) is 0. The van der Waals surface area contributed by atoms with Crippen LogP contribution in [-0.2, 0) is 4.79 Å². The quantitative estimate of drug-likeness (QED) is 0.551. The van der Waals surface area contributed by atoms with Gasteiger partial charge in [0.05, 0.1) is 12.2 Å². The van der Waals surface area contributed by atoms with E-state index in [0.717, 1.165) is 12.8 Å². The van der Waals surface area contributed by atoms with Crippen LogP contribution < -0.4 is 10.6 Å². The van der Waals surface area contributed by atoms with Crippen LogP contribution in [0.15, 0.2) is 12.7 Å². The van der Waals surface area contributed by atoms with Gasteiger partial charge in [-0.1, -0.05) is 12.5 Å². The van der Waals surface area contributed by atoms with Crippen LogP contribution in [0, 0.1) is 5.92 Å². The van der Waals surface area contributed by atoms with Gasteiger partial charge in [0.1, 0.15) is 0 Å². The van der Waals surface area contributed by atoms with E-state index >= 15 is 0 Å². The molecule has 3 nitrogen and oxygen atoms in total. The maximum Gasteiger partial charge on any atom is 0.235 e. The van der Waals surface area contributed by atoms with Crippen molar-refractivity contribution in [1.82, 2.24) is 10.6 Å². The number of carbonyl (C=O) groups excluding carboxylic acids is 1. The predicted molar refractivity (Wildman–Crippen MR) is 64.9 cm³/mol. The molecule has 2 N–H and O–H groups in total. The van der Waals surface area contributed by atoms with E-state index in [0.29, 0.717) is 12.5 Å². The molecule has 2 rings (SSSR count). The van der Waals surface area contributed by atoms with Crippen molar-refractivity contribution in [3.63, 3.8) is 0 Å². The third-order valence-electron chi connectivity index (χ3n) is 3.96. The van der Waals surface area contributed by atoms with Gasteiger partial charge < -0.3 is 5.32 Å². The second kappa shape index (κ2) is 5.00. The molecule has 2 atom stereocenters. The number of amides is 1. The minimum atomic E-state index is -0.0503. The lowest BCUT2D eigenvalue weighted by atomic mass is 9.91. The van der Waals surface area contributed by atoms with Gasteiger partial charge in [-0.3, -0.25) is 10.1 Å². The van der Waals surface area contributed by atoms with Crippen LogP contribution in [0.25, 0.3) is 0 Å². The van der Waals surface area contributed by atoms with E-state index in [-0.39, 0.29) is 11.6 Å². The second-order valence-electron chi connectivity index (χ2n) is 5.04. The topological polar surface area (TPSA) is 41.1 Å². The summed E-state index contributed by atoms with van der Waals surface area (Å²) in [4.78, 5) is 11.3. The minimum absolute atomic E-state index is 0.0503. The molecule has 1 aliphatic carbocycles. The zero-order valence-corrected chi connectivity index (χ0v) is 9.93. The summed E-state index contributed by atoms with van der Waals surface area (Å²) in [5.74, 6) is 0.793. The van der Waals surface area contributed by atoms with Crippen molar-refractivity contribution in [3.8, 4) is 0 Å². The lowest BCUT2D eigenvalue weighted by Gasteiger charge is -2.31. The third kappa shape index (κ3) is 2.29. The first-order chi connectivity index (χ1) is 7.77. The van der Waals surface area contributed by atoms with Crippen molar-refractivity contribution in [2.75, 3.05) is 6.54 Å². The molecule has 1 amide bonds. The zero-order valence-electron chi connectivity index (χ0n) is 9.93. The molecule has 2 unspecified atom stereocenters. The summed E-state index contributed by atoms with van der Waals surface area (Å²) < 4.78 is 0. The van der Waals surface area contributed by atoms with Gasteiger partial charge in [-0.25, -0.2) is 0 Å². The van der Waals surface area contributed by atoms with Crippen LogP contribution in [0.4, 0.5) is 0 Å². The number of allylic oxidation sites excluding steroid dienone is 1. The van der Waals surface area contributed by atoms with Crippen molar-refractivity contribution in [2.24, 2.45) is 5.92 Å². The Hall–Kier alpha value is -0.830. The van der Waals surface area contributed by atoms with Gasteiger partial charge in [0.15, 0.2) is 0 Å². The molecule has 2 fully saturated rings. The van der Waals surface area contributed by atoms with E-state index < -0.39 is 0 Å². The van der Waals surface area contributed by atoms with E-state index in [9.17, 15) is 4.79 Å². The van der Waals surface area contributed by atoms with Gasteiger partial charge in [0.2, 0.25) is 5.91 Å². The molecule has 0 radical (unpaired) electrons. The van der Waals surface area contributed by atoms with E-state index in [2.05, 4.69) is 17.2 Å². The van der Waals surface area contributed by atoms with Crippen LogP contribution in [0.2, 0.25) is 0 Å². The summed E-state index contributed by atoms with van der Waals surface area (Å²) >= 11 is 0. The zero-order chi connectivity index (χ0) is 11.4. The number of hydrogen-bond acceptors (Lipinski definition) is 2. The normalized spacial score (nSPS) is 33.2. The predicted octanol–water partition coefficient (Wildman–Crippen LogP) is 1.95. The molecule has 0 aromatic carbocycles. The Morgan fingerprint density at radius 3 is 3.06 bits per heavy atom. The fourth-order valence-electron chi connectivity index (χ4n) is 3.12. The van der Waals surface area contributed by atoms with Gasteiger partial charge in [0.25, 0.3) is 0 Å². The van der Waals surface area contributed by atoms with Crippen LogP contribution in [0.1, 0.15) is 44.9 Å². The van der Waals surface area contributed by atoms with Crippen LogP contribution in [-0.4, -0.2) is 18.1 Å². The molecule has 1 saturated carbocycles. The van der Waals surface area contributed by atoms with Gasteiger partial charge >= 0.3 is 0 Å². The van der Waals surface area contributed by atoms with Crippen molar-refractivity contribution >= 4 is 5.91 Å². The molecule has 1 aliphatic heterocycles. The van der Waals surface area contributed by atoms with Gasteiger partial charge in [0, 0.05) is 0 Å². The highest BCUT2D eigenvalue weighted by molar-refractivity contribution is 5.81. The fraction of sp³-hybridized carbons (Fsp3) is 0.769. The van der Waals surface area contributed by atoms with Crippen LogP contribution in [0.5, 0.6) is 0 Å². The molecule has 0 bridgehead atoms. The first kappa shape index (κ1) is 11.6. The average molecular weight is 222 g/mol. The number of hydrogen-bond donors (Lipinski definition) is 2. The maximum atomic E-state index is 11.3. The second-order valence-corrected chi connectivity index (χ2v) is 5.04. The first-order valence-electron chi connectivity index (χ1n) is 6.44. The van der Waals surface area contributed by atoms with Gasteiger partial charge in [-0.05, 0) is 44.4 Å². The van der Waals surface area contributed by atoms with Crippen molar-refractivity contribution in [1.29, 1.82) is 0 Å². The van der Waals surface area contributed by atoms with Crippen molar-refractivity contribution < 1.29 is 4.79 Å². The smallest absolute Gasteiger partial charge is 0.235 e. The Balaban J connectivity index is 1.84. The lowest BCUT2D eigenvalue weighted by molar-refractivity contribution is -0.119. The monoisotopic (exact) mass is 222 g/mol. The molecule has 1 spiro atoms. The van der Waals surface area contributed by atoms with E-state index in [1.807, 2.05) is 6.08 Å². The van der Waals surface area contributed by atoms with E-state index in [4.69, 9.17) is 0 Å². The molecule has 16 heavy (non-hydrogen) atoms. The fourth-order valence-corrected chi connectivity index (χ4v) is 3.12. The maximum absolute atomic E-state index is 11.3. The van der Waals surface area contributed by atoms with Crippen molar-refractivity contribution in [3.05, 3.63) is 12.7 Å². The minimum Gasteiger partial charge on any atom is -0.337 e. The van der Waals surface area contributed by atoms with E-state index in [1.54, 1.807) is 0 Å². The van der Waals surface area contributed by atoms with Gasteiger partial charge in [-0.2, -0.15) is 0 Å². The van der Waals surface area contributed by atoms with Crippen molar-refractivity contribution in [2.45, 2.75) is 50.6 Å². The SMILES string of the molecule is C=CCCCCC1CCCC12NCC(=O)N2. The Kier molecular flexibility index (Phi) is 3.64. The summed E-state index contributed by atoms with van der Waals surface area (Å²) in [5, 5.41) is 6.54. The number of unbranched alkanes of at least 4 members (excludes halogenated alkanes) is 2. The van der Waals surface area contributed by atoms with Crippen LogP contribution >= 0.6 is 0 Å². The van der Waals surface area contributed by atoms with E-state index in [1.165, 1.54) is 32.1 Å². The number of nitrogens with one attached hydrogen (secondary N) is 2. The van der Waals surface area contributed by atoms with Gasteiger partial charge in [-0.15, -0.1) is 6.58 Å². The Morgan fingerprint density at radius 1 is 1.50 bits per heavy atom. The Bertz CT molecular complexity index is 277. The highest BCUT2D eigenvalue weighted by atomic mass is 16.2. The standard InChI is InChI=1S/C13H22N2O/c1-2-3-4-5-7-11-8-6-9-13(11)14-10-12(16)15-13/h2,11,14H,1,3-10H2,(H,15,16). The lowest BCUT2D eigenvalue weighted by Crippen LogP contribution is -2.52. The molecular formula is C13H22N2O. The third-order valence-corrected chi connectivity index (χ3v) is 3.96. The average Bonchev–Trinajstić information content (AvgIpc) is 2.83. The Labute approximate surface area is 97.7 Å². The molecule has 0 aromatic heterocycles. The molecule has 1 heterocycles. The number of rotatable bonds is 5. The first-order valence-corrected chi connectivity index (χ1v) is 6.44. The molecule has 0 aromatic rings. The van der Waals surface area contributed by atoms with Crippen LogP contribution in [0.3, 0.4) is 0 Å². The summed E-state index contributed by atoms with van der Waals surface area (Å²) in [5.41, 5.74) is -0.0503. The highest BCUT2D eigenvalue weighted by Gasteiger charge is 2.46. The largest absolute Gasteiger partial charge is 0.337 e. The Morgan fingerprint density at radius 2 is 2.38 bits per heavy atom. The highest BCUT2D eigenvalue weighted by Crippen LogP contribution is 2.38.